The highest BCUT2D eigenvalue weighted by molar-refractivity contribution is 5.93. The number of nitrogens with zero attached hydrogens (tertiary/aromatic N) is 7. The highest BCUT2D eigenvalue weighted by atomic mass is 16.5. The zero-order valence-corrected chi connectivity index (χ0v) is 16.8. The van der Waals surface area contributed by atoms with Gasteiger partial charge in [-0.15, -0.1) is 0 Å². The number of piperazine rings is 1. The summed E-state index contributed by atoms with van der Waals surface area (Å²) in [5.74, 6) is 2.04. The summed E-state index contributed by atoms with van der Waals surface area (Å²) in [7, 11) is 1.87. The number of anilines is 1. The Labute approximate surface area is 172 Å². The van der Waals surface area contributed by atoms with Gasteiger partial charge in [0.25, 0.3) is 5.91 Å². The Kier molecular flexibility index (Phi) is 4.42. The number of hydrogen-bond acceptors (Lipinski definition) is 7. The minimum absolute atomic E-state index is 0.119. The number of aromatic nitrogens is 5. The van der Waals surface area contributed by atoms with E-state index in [0.717, 1.165) is 22.4 Å². The number of hydrogen-bond donors (Lipinski definition) is 0. The van der Waals surface area contributed by atoms with E-state index >= 15 is 0 Å². The molecule has 1 aromatic carbocycles. The van der Waals surface area contributed by atoms with Crippen LogP contribution in [0.1, 0.15) is 16.3 Å². The van der Waals surface area contributed by atoms with Gasteiger partial charge in [0.1, 0.15) is 11.6 Å². The fraction of sp³-hybridized carbons (Fsp3) is 0.286. The van der Waals surface area contributed by atoms with E-state index in [9.17, 15) is 4.79 Å². The second-order valence-electron chi connectivity index (χ2n) is 7.32. The lowest BCUT2D eigenvalue weighted by molar-refractivity contribution is 0.0736. The molecule has 1 aliphatic heterocycles. The van der Waals surface area contributed by atoms with Crippen molar-refractivity contribution in [2.24, 2.45) is 7.05 Å². The van der Waals surface area contributed by atoms with Gasteiger partial charge in [-0.05, 0) is 6.92 Å². The van der Waals surface area contributed by atoms with Gasteiger partial charge in [-0.2, -0.15) is 5.10 Å². The summed E-state index contributed by atoms with van der Waals surface area (Å²) >= 11 is 0. The van der Waals surface area contributed by atoms with Gasteiger partial charge < -0.3 is 14.3 Å². The van der Waals surface area contributed by atoms with Crippen molar-refractivity contribution in [2.45, 2.75) is 6.92 Å². The van der Waals surface area contributed by atoms with Crippen molar-refractivity contribution in [1.29, 1.82) is 0 Å². The molecule has 5 rings (SSSR count). The second-order valence-corrected chi connectivity index (χ2v) is 7.32. The van der Waals surface area contributed by atoms with Crippen LogP contribution in [0.15, 0.2) is 47.1 Å². The lowest BCUT2D eigenvalue weighted by atomic mass is 10.1. The molecular formula is C21H21N7O2. The lowest BCUT2D eigenvalue weighted by Gasteiger charge is -2.35. The summed E-state index contributed by atoms with van der Waals surface area (Å²) < 4.78 is 7.13. The third kappa shape index (κ3) is 3.18. The van der Waals surface area contributed by atoms with Gasteiger partial charge in [-0.25, -0.2) is 9.97 Å². The van der Waals surface area contributed by atoms with Crippen LogP contribution in [0.3, 0.4) is 0 Å². The molecule has 4 aromatic rings. The van der Waals surface area contributed by atoms with Gasteiger partial charge >= 0.3 is 0 Å². The lowest BCUT2D eigenvalue weighted by Crippen LogP contribution is -2.49. The third-order valence-electron chi connectivity index (χ3n) is 5.34. The number of fused-ring (bicyclic) bond motifs is 1. The molecule has 0 atom stereocenters. The average Bonchev–Trinajstić information content (AvgIpc) is 3.41. The maximum absolute atomic E-state index is 12.9. The molecule has 0 unspecified atom stereocenters. The maximum atomic E-state index is 12.9. The van der Waals surface area contributed by atoms with Crippen molar-refractivity contribution in [1.82, 2.24) is 29.8 Å². The van der Waals surface area contributed by atoms with Crippen molar-refractivity contribution in [2.75, 3.05) is 31.1 Å². The second kappa shape index (κ2) is 7.25. The Balaban J connectivity index is 1.31. The molecule has 0 spiro atoms. The molecule has 1 fully saturated rings. The number of aryl methyl sites for hydroxylation is 2. The zero-order valence-electron chi connectivity index (χ0n) is 16.8. The van der Waals surface area contributed by atoms with Gasteiger partial charge in [-0.3, -0.25) is 9.48 Å². The summed E-state index contributed by atoms with van der Waals surface area (Å²) in [6, 6.07) is 11.3. The summed E-state index contributed by atoms with van der Waals surface area (Å²) in [6.07, 6.45) is 1.79. The van der Waals surface area contributed by atoms with E-state index in [0.29, 0.717) is 43.5 Å². The van der Waals surface area contributed by atoms with E-state index in [4.69, 9.17) is 4.52 Å². The van der Waals surface area contributed by atoms with Gasteiger partial charge in [-0.1, -0.05) is 35.5 Å². The van der Waals surface area contributed by atoms with Crippen LogP contribution in [-0.4, -0.2) is 61.9 Å². The van der Waals surface area contributed by atoms with Crippen LogP contribution >= 0.6 is 0 Å². The molecule has 0 aliphatic carbocycles. The summed E-state index contributed by atoms with van der Waals surface area (Å²) in [4.78, 5) is 26.0. The van der Waals surface area contributed by atoms with Crippen molar-refractivity contribution in [3.63, 3.8) is 0 Å². The maximum Gasteiger partial charge on any atom is 0.276 e. The van der Waals surface area contributed by atoms with Crippen LogP contribution in [0.4, 0.5) is 5.82 Å². The van der Waals surface area contributed by atoms with E-state index in [1.807, 2.05) is 44.3 Å². The molecule has 1 aliphatic rings. The number of rotatable bonds is 3. The molecule has 152 valence electrons. The predicted octanol–water partition coefficient (Wildman–Crippen LogP) is 2.29. The Morgan fingerprint density at radius 3 is 2.60 bits per heavy atom. The number of amides is 1. The third-order valence-corrected chi connectivity index (χ3v) is 5.34. The van der Waals surface area contributed by atoms with E-state index in [1.54, 1.807) is 21.8 Å². The standard InChI is InChI=1S/C21H21N7O2/c1-14-23-19-16(13-22-26(19)2)20(24-14)27-8-10-28(11-9-27)21(29)17-12-18(30-25-17)15-6-4-3-5-7-15/h3-7,12-13H,8-11H2,1-2H3. The van der Waals surface area contributed by atoms with Crippen molar-refractivity contribution in [3.05, 3.63) is 54.1 Å². The number of carbonyl (C=O) groups excluding carboxylic acids is 1. The van der Waals surface area contributed by atoms with E-state index in [2.05, 4.69) is 25.1 Å². The Bertz CT molecular complexity index is 1210. The minimum atomic E-state index is -0.119. The molecule has 0 radical (unpaired) electrons. The summed E-state index contributed by atoms with van der Waals surface area (Å²) in [6.45, 7) is 4.39. The molecule has 0 N–H and O–H groups in total. The molecule has 0 saturated carbocycles. The zero-order chi connectivity index (χ0) is 20.7. The molecule has 30 heavy (non-hydrogen) atoms. The highest BCUT2D eigenvalue weighted by Gasteiger charge is 2.27. The van der Waals surface area contributed by atoms with E-state index in [-0.39, 0.29) is 5.91 Å². The van der Waals surface area contributed by atoms with Crippen LogP contribution in [0.5, 0.6) is 0 Å². The first-order valence-corrected chi connectivity index (χ1v) is 9.83. The van der Waals surface area contributed by atoms with Crippen LogP contribution in [0, 0.1) is 6.92 Å². The molecule has 3 aromatic heterocycles. The molecule has 4 heterocycles. The fourth-order valence-electron chi connectivity index (χ4n) is 3.75. The van der Waals surface area contributed by atoms with Gasteiger partial charge in [0.05, 0.1) is 11.6 Å². The van der Waals surface area contributed by atoms with Crippen molar-refractivity contribution in [3.8, 4) is 11.3 Å². The monoisotopic (exact) mass is 403 g/mol. The molecular weight excluding hydrogens is 382 g/mol. The number of benzene rings is 1. The topological polar surface area (TPSA) is 93.2 Å². The van der Waals surface area contributed by atoms with Crippen LogP contribution in [0.2, 0.25) is 0 Å². The normalized spacial score (nSPS) is 14.5. The smallest absolute Gasteiger partial charge is 0.276 e. The van der Waals surface area contributed by atoms with E-state index in [1.165, 1.54) is 0 Å². The molecule has 9 nitrogen and oxygen atoms in total. The quantitative estimate of drug-likeness (QED) is 0.518. The fourth-order valence-corrected chi connectivity index (χ4v) is 3.75. The summed E-state index contributed by atoms with van der Waals surface area (Å²) in [5, 5.41) is 9.22. The van der Waals surface area contributed by atoms with Gasteiger partial charge in [0, 0.05) is 44.9 Å². The molecule has 9 heteroatoms. The molecule has 0 bridgehead atoms. The van der Waals surface area contributed by atoms with Crippen LogP contribution in [0.25, 0.3) is 22.4 Å². The Morgan fingerprint density at radius 1 is 1.07 bits per heavy atom. The number of carbonyl (C=O) groups is 1. The predicted molar refractivity (Wildman–Crippen MR) is 111 cm³/mol. The SMILES string of the molecule is Cc1nc(N2CCN(C(=O)c3cc(-c4ccccc4)on3)CC2)c2cnn(C)c2n1. The summed E-state index contributed by atoms with van der Waals surface area (Å²) in [5.41, 5.74) is 2.04. The van der Waals surface area contributed by atoms with Crippen molar-refractivity contribution < 1.29 is 9.32 Å². The average molecular weight is 403 g/mol. The van der Waals surface area contributed by atoms with Crippen LogP contribution in [-0.2, 0) is 7.05 Å². The highest BCUT2D eigenvalue weighted by Crippen LogP contribution is 2.25. The first-order valence-electron chi connectivity index (χ1n) is 9.83. The van der Waals surface area contributed by atoms with Gasteiger partial charge in [0.15, 0.2) is 17.1 Å². The largest absolute Gasteiger partial charge is 0.355 e. The minimum Gasteiger partial charge on any atom is -0.355 e. The van der Waals surface area contributed by atoms with Gasteiger partial charge in [0.2, 0.25) is 0 Å². The van der Waals surface area contributed by atoms with E-state index < -0.39 is 0 Å². The van der Waals surface area contributed by atoms with Crippen molar-refractivity contribution >= 4 is 22.8 Å². The Hall–Kier alpha value is -3.75. The first kappa shape index (κ1) is 18.3. The first-order chi connectivity index (χ1) is 14.6. The van der Waals surface area contributed by atoms with Crippen LogP contribution < -0.4 is 4.90 Å². The Morgan fingerprint density at radius 2 is 1.83 bits per heavy atom. The molecule has 1 saturated heterocycles. The molecule has 1 amide bonds.